The molecule has 0 amide bonds. The van der Waals surface area contributed by atoms with Gasteiger partial charge in [-0.1, -0.05) is 140 Å². The van der Waals surface area contributed by atoms with Crippen molar-refractivity contribution in [3.63, 3.8) is 0 Å². The first-order valence-electron chi connectivity index (χ1n) is 20.9. The van der Waals surface area contributed by atoms with Gasteiger partial charge in [0, 0.05) is 57.5 Å². The third kappa shape index (κ3) is 7.73. The molecule has 0 atom stereocenters. The van der Waals surface area contributed by atoms with Crippen molar-refractivity contribution in [2.24, 2.45) is 0 Å². The van der Waals surface area contributed by atoms with Crippen molar-refractivity contribution in [3.8, 4) is 50.6 Å². The van der Waals surface area contributed by atoms with Gasteiger partial charge in [-0.15, -0.1) is 35.4 Å². The number of hydrogen-bond donors (Lipinski definition) is 0. The van der Waals surface area contributed by atoms with Gasteiger partial charge in [0.2, 0.25) is 0 Å². The molecule has 0 aliphatic heterocycles. The molecule has 0 spiro atoms. The molecule has 1 radical (unpaired) electrons. The second-order valence-electron chi connectivity index (χ2n) is 13.6. The van der Waals surface area contributed by atoms with Crippen LogP contribution in [-0.2, 0) is 20.1 Å². The van der Waals surface area contributed by atoms with E-state index in [0.29, 0.717) is 17.2 Å². The molecule has 0 N–H and O–H groups in total. The third-order valence-electron chi connectivity index (χ3n) is 9.49. The van der Waals surface area contributed by atoms with Crippen molar-refractivity contribution < 1.29 is 32.7 Å². The smallest absolute Gasteiger partial charge is 0.0774 e. The van der Waals surface area contributed by atoms with Crippen molar-refractivity contribution in [2.45, 2.75) is 40.4 Å². The van der Waals surface area contributed by atoms with Crippen LogP contribution < -0.4 is 0 Å². The normalized spacial score (nSPS) is 13.1. The Morgan fingerprint density at radius 3 is 2.00 bits per heavy atom. The maximum Gasteiger partial charge on any atom is 0.0774 e. The molecule has 0 fully saturated rings. The Hall–Kier alpha value is -5.87. The number of aromatic nitrogens is 3. The molecule has 55 heavy (non-hydrogen) atoms. The van der Waals surface area contributed by atoms with Gasteiger partial charge < -0.3 is 14.0 Å². The largest absolute Gasteiger partial charge is 0.557 e. The Bertz CT molecular complexity index is 2800. The zero-order valence-electron chi connectivity index (χ0n) is 36.6. The number of para-hydroxylation sites is 2. The molecule has 9 aromatic rings. The van der Waals surface area contributed by atoms with Crippen molar-refractivity contribution in [2.75, 3.05) is 0 Å². The van der Waals surface area contributed by atoms with Crippen LogP contribution in [0.3, 0.4) is 0 Å². The van der Waals surface area contributed by atoms with Gasteiger partial charge in [-0.2, -0.15) is 0 Å². The number of rotatable bonds is 6. The average molecular weight is 898 g/mol. The first-order chi connectivity index (χ1) is 28.8. The summed E-state index contributed by atoms with van der Waals surface area (Å²) in [6.07, 6.45) is 4.54. The number of nitrogens with zero attached hydrogens (tertiary/aromatic N) is 3. The third-order valence-corrected chi connectivity index (χ3v) is 9.49. The average Bonchev–Trinajstić information content (AvgIpc) is 3.85. The Labute approximate surface area is 345 Å². The van der Waals surface area contributed by atoms with Gasteiger partial charge in [-0.3, -0.25) is 4.98 Å². The Morgan fingerprint density at radius 1 is 0.709 bits per heavy atom. The second kappa shape index (κ2) is 16.2. The molecule has 0 bridgehead atoms. The fourth-order valence-corrected chi connectivity index (χ4v) is 6.77. The SMILES string of the molecule is Cc1cc(-c2ccccc2)c(-n2c(-c3[c-]oc4ccc(C(C)C)cc34)nc3ccccc32)c(-c2ccccc2)c1.[2H]C([2H])([2H])c1c[c-]c(-c2ccc(C([2H])([2H])[2H])cn2)cc1.[Ir]. The molecular formula is C50H41IrN3O-2. The van der Waals surface area contributed by atoms with Crippen LogP contribution in [0.25, 0.3) is 72.6 Å². The van der Waals surface area contributed by atoms with E-state index in [1.807, 2.05) is 12.1 Å². The summed E-state index contributed by atoms with van der Waals surface area (Å²) in [7, 11) is 0. The van der Waals surface area contributed by atoms with Gasteiger partial charge in [0.15, 0.2) is 0 Å². The predicted molar refractivity (Wildman–Crippen MR) is 223 cm³/mol. The number of hydrogen-bond acceptors (Lipinski definition) is 3. The van der Waals surface area contributed by atoms with E-state index in [2.05, 4.69) is 146 Å². The molecular weight excluding hydrogens is 851 g/mol. The van der Waals surface area contributed by atoms with Crippen LogP contribution in [0.5, 0.6) is 0 Å². The number of furan rings is 1. The molecule has 3 heterocycles. The second-order valence-corrected chi connectivity index (χ2v) is 13.6. The summed E-state index contributed by atoms with van der Waals surface area (Å²) in [5.74, 6) is 1.22. The van der Waals surface area contributed by atoms with Crippen LogP contribution in [-0.4, -0.2) is 14.5 Å². The summed E-state index contributed by atoms with van der Waals surface area (Å²) in [5, 5.41) is 1.03. The Kier molecular flexibility index (Phi) is 8.99. The summed E-state index contributed by atoms with van der Waals surface area (Å²) in [5.41, 5.74) is 13.4. The van der Waals surface area contributed by atoms with Crippen LogP contribution in [0.2, 0.25) is 0 Å². The molecule has 273 valence electrons. The molecule has 9 rings (SSSR count). The van der Waals surface area contributed by atoms with Crippen molar-refractivity contribution in [1.29, 1.82) is 0 Å². The number of imidazole rings is 1. The van der Waals surface area contributed by atoms with Gasteiger partial charge in [-0.25, -0.2) is 0 Å². The van der Waals surface area contributed by atoms with Gasteiger partial charge in [0.05, 0.1) is 22.5 Å². The molecule has 0 unspecified atom stereocenters. The zero-order valence-corrected chi connectivity index (χ0v) is 33.0. The van der Waals surface area contributed by atoms with Gasteiger partial charge in [0.1, 0.15) is 0 Å². The summed E-state index contributed by atoms with van der Waals surface area (Å²) in [6.45, 7) is 2.25. The number of aryl methyl sites for hydroxylation is 3. The topological polar surface area (TPSA) is 43.9 Å². The molecule has 5 heteroatoms. The summed E-state index contributed by atoms with van der Waals surface area (Å²) in [6, 6.07) is 51.0. The standard InChI is InChI=1S/C37H29N2O.C13H12N.Ir/c1-24(2)28-18-19-35-31(22-28)32(23-40-35)37-38-33-16-10-11-17-34(33)39(37)36-29(26-12-6-4-7-13-26)20-25(3)21-30(36)27-14-8-5-9-15-27;1-10-3-6-12(7-4-10)13-8-5-11(2)9-14-13;/h4-22,24H,1-3H3;3-6,8-9H,1-2H3;/q2*-1;/i;1D3,2D3;. The summed E-state index contributed by atoms with van der Waals surface area (Å²) < 4.78 is 51.9. The minimum absolute atomic E-state index is 0. The van der Waals surface area contributed by atoms with Crippen molar-refractivity contribution >= 4 is 22.0 Å². The number of pyridine rings is 1. The fraction of sp³-hybridized carbons (Fsp3) is 0.120. The van der Waals surface area contributed by atoms with Gasteiger partial charge in [-0.05, 0) is 71.9 Å². The quantitative estimate of drug-likeness (QED) is 0.156. The minimum atomic E-state index is -2.18. The Balaban J connectivity index is 0.000000226. The van der Waals surface area contributed by atoms with E-state index in [1.165, 1.54) is 35.5 Å². The van der Waals surface area contributed by atoms with Crippen molar-refractivity contribution in [1.82, 2.24) is 14.5 Å². The number of benzene rings is 6. The van der Waals surface area contributed by atoms with Crippen LogP contribution in [0, 0.1) is 33.0 Å². The summed E-state index contributed by atoms with van der Waals surface area (Å²) >= 11 is 0. The molecule has 0 saturated carbocycles. The molecule has 0 aliphatic carbocycles. The van der Waals surface area contributed by atoms with Crippen LogP contribution in [0.15, 0.2) is 156 Å². The molecule has 4 nitrogen and oxygen atoms in total. The van der Waals surface area contributed by atoms with E-state index in [9.17, 15) is 0 Å². The molecule has 6 aromatic carbocycles. The van der Waals surface area contributed by atoms with E-state index < -0.39 is 13.7 Å². The van der Waals surface area contributed by atoms with Crippen molar-refractivity contribution in [3.05, 3.63) is 186 Å². The predicted octanol–water partition coefficient (Wildman–Crippen LogP) is 13.2. The van der Waals surface area contributed by atoms with Crippen LogP contribution in [0.1, 0.15) is 50.2 Å². The minimum Gasteiger partial charge on any atom is -0.557 e. The first-order valence-corrected chi connectivity index (χ1v) is 17.9. The van der Waals surface area contributed by atoms with Gasteiger partial charge >= 0.3 is 0 Å². The summed E-state index contributed by atoms with van der Waals surface area (Å²) in [4.78, 5) is 9.30. The maximum atomic E-state index is 7.28. The fourth-order valence-electron chi connectivity index (χ4n) is 6.77. The van der Waals surface area contributed by atoms with E-state index in [1.54, 1.807) is 12.1 Å². The first kappa shape index (κ1) is 30.5. The van der Waals surface area contributed by atoms with Crippen LogP contribution >= 0.6 is 0 Å². The molecule has 0 aliphatic rings. The molecule has 3 aromatic heterocycles. The van der Waals surface area contributed by atoms with E-state index in [-0.39, 0.29) is 31.2 Å². The molecule has 0 saturated heterocycles. The van der Waals surface area contributed by atoms with Gasteiger partial charge in [0.25, 0.3) is 0 Å². The van der Waals surface area contributed by atoms with E-state index in [4.69, 9.17) is 17.6 Å². The monoisotopic (exact) mass is 898 g/mol. The van der Waals surface area contributed by atoms with E-state index in [0.717, 1.165) is 61.3 Å². The Morgan fingerprint density at radius 2 is 1.38 bits per heavy atom. The zero-order chi connectivity index (χ0) is 42.2. The number of fused-ring (bicyclic) bond motifs is 2. The van der Waals surface area contributed by atoms with E-state index >= 15 is 0 Å². The maximum absolute atomic E-state index is 7.28. The van der Waals surface area contributed by atoms with Crippen LogP contribution in [0.4, 0.5) is 0 Å².